The van der Waals surface area contributed by atoms with Crippen LogP contribution in [-0.4, -0.2) is 37.1 Å². The summed E-state index contributed by atoms with van der Waals surface area (Å²) in [7, 11) is -3.22. The molecule has 19 heavy (non-hydrogen) atoms. The Labute approximate surface area is 112 Å². The molecule has 0 aromatic heterocycles. The van der Waals surface area contributed by atoms with Gasteiger partial charge in [0.25, 0.3) is 0 Å². The van der Waals surface area contributed by atoms with E-state index in [0.29, 0.717) is 0 Å². The molecule has 0 aliphatic carbocycles. The van der Waals surface area contributed by atoms with Crippen molar-refractivity contribution in [3.8, 4) is 5.75 Å². The van der Waals surface area contributed by atoms with Crippen LogP contribution in [0.25, 0.3) is 0 Å². The molecule has 0 saturated heterocycles. The highest BCUT2D eigenvalue weighted by molar-refractivity contribution is 7.91. The Kier molecular flexibility index (Phi) is 4.77. The van der Waals surface area contributed by atoms with E-state index in [-0.39, 0.29) is 29.4 Å². The second-order valence-corrected chi connectivity index (χ2v) is 6.97. The maximum absolute atomic E-state index is 11.6. The van der Waals surface area contributed by atoms with Crippen molar-refractivity contribution in [3.05, 3.63) is 23.8 Å². The minimum absolute atomic E-state index is 0.0754. The fourth-order valence-corrected chi connectivity index (χ4v) is 2.19. The van der Waals surface area contributed by atoms with Crippen LogP contribution in [0, 0.1) is 0 Å². The third kappa shape index (κ3) is 3.85. The van der Waals surface area contributed by atoms with Crippen molar-refractivity contribution >= 4 is 21.5 Å². The van der Waals surface area contributed by atoms with Crippen LogP contribution in [0.15, 0.2) is 18.2 Å². The normalized spacial score (nSPS) is 11.5. The highest BCUT2D eigenvalue weighted by atomic mass is 32.2. The van der Waals surface area contributed by atoms with Gasteiger partial charge < -0.3 is 15.6 Å². The first-order chi connectivity index (χ1) is 8.75. The number of nitrogen functional groups attached to an aromatic ring is 1. The number of rotatable bonds is 6. The molecule has 1 aromatic rings. The maximum Gasteiger partial charge on any atom is 0.341 e. The van der Waals surface area contributed by atoms with E-state index in [1.165, 1.54) is 12.1 Å². The zero-order chi connectivity index (χ0) is 14.6. The average Bonchev–Trinajstić information content (AvgIpc) is 2.27. The Bertz CT molecular complexity index is 565. The van der Waals surface area contributed by atoms with E-state index in [9.17, 15) is 13.2 Å². The summed E-state index contributed by atoms with van der Waals surface area (Å²) in [4.78, 5) is 11.0. The molecule has 0 aliphatic rings. The van der Waals surface area contributed by atoms with Gasteiger partial charge in [-0.05, 0) is 26.0 Å². The molecule has 0 heterocycles. The molecule has 0 saturated carbocycles. The minimum atomic E-state index is -3.22. The molecule has 0 amide bonds. The van der Waals surface area contributed by atoms with E-state index in [1.807, 2.05) is 0 Å². The van der Waals surface area contributed by atoms with E-state index in [2.05, 4.69) is 0 Å². The molecule has 7 heteroatoms. The van der Waals surface area contributed by atoms with Crippen LogP contribution >= 0.6 is 0 Å². The topological polar surface area (TPSA) is 107 Å². The van der Waals surface area contributed by atoms with E-state index in [4.69, 9.17) is 15.6 Å². The van der Waals surface area contributed by atoms with E-state index < -0.39 is 21.1 Å². The number of carboxylic acids is 1. The second-order valence-electron chi connectivity index (χ2n) is 4.29. The van der Waals surface area contributed by atoms with Crippen LogP contribution < -0.4 is 10.5 Å². The van der Waals surface area contributed by atoms with E-state index in [0.717, 1.165) is 0 Å². The summed E-state index contributed by atoms with van der Waals surface area (Å²) >= 11 is 0. The number of hydrogen-bond acceptors (Lipinski definition) is 5. The monoisotopic (exact) mass is 287 g/mol. The van der Waals surface area contributed by atoms with Gasteiger partial charge >= 0.3 is 5.97 Å². The predicted molar refractivity (Wildman–Crippen MR) is 72.2 cm³/mol. The number of carbonyl (C=O) groups is 1. The molecule has 106 valence electrons. The molecule has 0 bridgehead atoms. The average molecular weight is 287 g/mol. The molecule has 0 atom stereocenters. The van der Waals surface area contributed by atoms with Gasteiger partial charge in [0.05, 0.1) is 11.0 Å². The van der Waals surface area contributed by atoms with Gasteiger partial charge in [-0.3, -0.25) is 0 Å². The fourth-order valence-electron chi connectivity index (χ4n) is 1.40. The molecule has 0 unspecified atom stereocenters. The van der Waals surface area contributed by atoms with Gasteiger partial charge in [-0.25, -0.2) is 13.2 Å². The van der Waals surface area contributed by atoms with Crippen LogP contribution in [0.2, 0.25) is 0 Å². The molecular formula is C12H17NO5S. The summed E-state index contributed by atoms with van der Waals surface area (Å²) in [6.07, 6.45) is 0. The van der Waals surface area contributed by atoms with Gasteiger partial charge in [0.1, 0.15) is 17.9 Å². The highest BCUT2D eigenvalue weighted by Gasteiger charge is 2.18. The number of carboxylic acid groups (broad SMARTS) is 1. The highest BCUT2D eigenvalue weighted by Crippen LogP contribution is 2.24. The lowest BCUT2D eigenvalue weighted by Gasteiger charge is -2.12. The summed E-state index contributed by atoms with van der Waals surface area (Å²) in [5.41, 5.74) is 5.48. The number of anilines is 1. The number of ether oxygens (including phenoxy) is 1. The summed E-state index contributed by atoms with van der Waals surface area (Å²) in [5.74, 6) is -1.30. The van der Waals surface area contributed by atoms with Crippen LogP contribution in [0.5, 0.6) is 5.75 Å². The number of benzene rings is 1. The number of nitrogens with two attached hydrogens (primary N) is 1. The van der Waals surface area contributed by atoms with Crippen LogP contribution in [0.1, 0.15) is 24.2 Å². The van der Waals surface area contributed by atoms with Gasteiger partial charge in [0.15, 0.2) is 9.84 Å². The number of hydrogen-bond donors (Lipinski definition) is 2. The lowest BCUT2D eigenvalue weighted by Crippen LogP contribution is -2.22. The Hall–Kier alpha value is -1.76. The van der Waals surface area contributed by atoms with Gasteiger partial charge in [-0.15, -0.1) is 0 Å². The maximum atomic E-state index is 11.6. The van der Waals surface area contributed by atoms with E-state index >= 15 is 0 Å². The van der Waals surface area contributed by atoms with Crippen LogP contribution in [0.4, 0.5) is 5.69 Å². The van der Waals surface area contributed by atoms with Gasteiger partial charge in [-0.1, -0.05) is 6.07 Å². The van der Waals surface area contributed by atoms with Crippen molar-refractivity contribution in [2.24, 2.45) is 0 Å². The summed E-state index contributed by atoms with van der Waals surface area (Å²) < 4.78 is 28.4. The van der Waals surface area contributed by atoms with Crippen molar-refractivity contribution in [2.75, 3.05) is 18.1 Å². The lowest BCUT2D eigenvalue weighted by molar-refractivity contribution is 0.0694. The fraction of sp³-hybridized carbons (Fsp3) is 0.417. The summed E-state index contributed by atoms with van der Waals surface area (Å²) in [6, 6.07) is 4.44. The molecule has 0 radical (unpaired) electrons. The molecule has 0 spiro atoms. The minimum Gasteiger partial charge on any atom is -0.492 e. The predicted octanol–water partition coefficient (Wildman–Crippen LogP) is 1.17. The Morgan fingerprint density at radius 2 is 2.05 bits per heavy atom. The van der Waals surface area contributed by atoms with Crippen molar-refractivity contribution in [2.45, 2.75) is 19.1 Å². The SMILES string of the molecule is CC(C)S(=O)(=O)CCOc1cccc(N)c1C(=O)O. The first-order valence-electron chi connectivity index (χ1n) is 5.72. The van der Waals surface area contributed by atoms with Gasteiger partial charge in [0, 0.05) is 5.69 Å². The molecule has 1 rings (SSSR count). The van der Waals surface area contributed by atoms with Crippen molar-refractivity contribution in [1.29, 1.82) is 0 Å². The molecule has 6 nitrogen and oxygen atoms in total. The Balaban J connectivity index is 2.80. The zero-order valence-electron chi connectivity index (χ0n) is 10.8. The standard InChI is InChI=1S/C12H17NO5S/c1-8(2)19(16,17)7-6-18-10-5-3-4-9(13)11(10)12(14)15/h3-5,8H,6-7,13H2,1-2H3,(H,14,15). The first kappa shape index (κ1) is 15.3. The van der Waals surface area contributed by atoms with Gasteiger partial charge in [0.2, 0.25) is 0 Å². The third-order valence-electron chi connectivity index (χ3n) is 2.62. The molecule has 0 aliphatic heterocycles. The van der Waals surface area contributed by atoms with Crippen LogP contribution in [0.3, 0.4) is 0 Å². The Morgan fingerprint density at radius 1 is 1.42 bits per heavy atom. The molecular weight excluding hydrogens is 270 g/mol. The molecule has 0 fully saturated rings. The van der Waals surface area contributed by atoms with Crippen molar-refractivity contribution in [3.63, 3.8) is 0 Å². The van der Waals surface area contributed by atoms with Gasteiger partial charge in [-0.2, -0.15) is 0 Å². The number of sulfone groups is 1. The van der Waals surface area contributed by atoms with E-state index in [1.54, 1.807) is 19.9 Å². The second kappa shape index (κ2) is 5.92. The van der Waals surface area contributed by atoms with Crippen LogP contribution in [-0.2, 0) is 9.84 Å². The summed E-state index contributed by atoms with van der Waals surface area (Å²) in [5, 5.41) is 8.53. The molecule has 3 N–H and O–H groups in total. The Morgan fingerprint density at radius 3 is 2.58 bits per heavy atom. The third-order valence-corrected chi connectivity index (χ3v) is 4.79. The largest absolute Gasteiger partial charge is 0.492 e. The van der Waals surface area contributed by atoms with Crippen molar-refractivity contribution in [1.82, 2.24) is 0 Å². The lowest BCUT2D eigenvalue weighted by atomic mass is 10.1. The zero-order valence-corrected chi connectivity index (χ0v) is 11.6. The smallest absolute Gasteiger partial charge is 0.341 e. The summed E-state index contributed by atoms with van der Waals surface area (Å²) in [6.45, 7) is 3.06. The van der Waals surface area contributed by atoms with Crippen molar-refractivity contribution < 1.29 is 23.1 Å². The molecule has 1 aromatic carbocycles. The first-order valence-corrected chi connectivity index (χ1v) is 7.43. The number of aromatic carboxylic acids is 1. The quantitative estimate of drug-likeness (QED) is 0.760.